The van der Waals surface area contributed by atoms with Gasteiger partial charge in [-0.2, -0.15) is 0 Å². The summed E-state index contributed by atoms with van der Waals surface area (Å²) in [6, 6.07) is -2.26. The summed E-state index contributed by atoms with van der Waals surface area (Å²) in [5, 5.41) is 13.6. The van der Waals surface area contributed by atoms with Crippen LogP contribution in [-0.4, -0.2) is 42.3 Å². The molecule has 7 heteroatoms. The van der Waals surface area contributed by atoms with Crippen LogP contribution in [0.15, 0.2) is 0 Å². The average molecular weight is 270 g/mol. The summed E-state index contributed by atoms with van der Waals surface area (Å²) in [5.41, 5.74) is 0. The maximum atomic E-state index is 11.6. The van der Waals surface area contributed by atoms with E-state index >= 15 is 0 Å². The number of ether oxygens (including phenoxy) is 1. The predicted molar refractivity (Wildman–Crippen MR) is 67.3 cm³/mol. The van der Waals surface area contributed by atoms with E-state index in [-0.39, 0.29) is 6.04 Å². The number of terminal acetylenes is 1. The van der Waals surface area contributed by atoms with E-state index < -0.39 is 30.4 Å². The highest BCUT2D eigenvalue weighted by molar-refractivity contribution is 5.86. The number of hydrogen-bond donors (Lipinski definition) is 3. The van der Waals surface area contributed by atoms with Crippen molar-refractivity contribution in [2.24, 2.45) is 0 Å². The Bertz CT molecular complexity index is 375. The molecule has 0 saturated heterocycles. The Morgan fingerprint density at radius 3 is 2.42 bits per heavy atom. The Kier molecular flexibility index (Phi) is 7.77. The summed E-state index contributed by atoms with van der Waals surface area (Å²) in [6.07, 6.45) is 5.66. The van der Waals surface area contributed by atoms with Gasteiger partial charge in [-0.25, -0.2) is 9.59 Å². The van der Waals surface area contributed by atoms with Gasteiger partial charge in [0, 0.05) is 12.5 Å². The zero-order chi connectivity index (χ0) is 14.8. The van der Waals surface area contributed by atoms with Gasteiger partial charge in [-0.3, -0.25) is 4.79 Å². The Hall–Kier alpha value is -2.23. The van der Waals surface area contributed by atoms with Gasteiger partial charge in [-0.05, 0) is 6.42 Å². The van der Waals surface area contributed by atoms with Crippen LogP contribution >= 0.6 is 0 Å². The van der Waals surface area contributed by atoms with Crippen molar-refractivity contribution in [3.05, 3.63) is 0 Å². The van der Waals surface area contributed by atoms with Crippen molar-refractivity contribution in [1.29, 1.82) is 0 Å². The summed E-state index contributed by atoms with van der Waals surface area (Å²) in [6.45, 7) is 1.84. The maximum absolute atomic E-state index is 11.6. The summed E-state index contributed by atoms with van der Waals surface area (Å²) >= 11 is 0. The quantitative estimate of drug-likeness (QED) is 0.449. The molecule has 0 aliphatic carbocycles. The summed E-state index contributed by atoms with van der Waals surface area (Å²) in [4.78, 5) is 33.5. The van der Waals surface area contributed by atoms with E-state index in [0.29, 0.717) is 12.8 Å². The summed E-state index contributed by atoms with van der Waals surface area (Å²) in [5.74, 6) is 0.375. The minimum Gasteiger partial charge on any atom is -0.480 e. The Morgan fingerprint density at radius 2 is 2.00 bits per heavy atom. The molecule has 7 nitrogen and oxygen atoms in total. The molecule has 0 aromatic carbocycles. The van der Waals surface area contributed by atoms with Crippen molar-refractivity contribution in [3.8, 4) is 12.3 Å². The lowest BCUT2D eigenvalue weighted by Crippen LogP contribution is -2.49. The van der Waals surface area contributed by atoms with Crippen LogP contribution in [0.1, 0.15) is 26.2 Å². The van der Waals surface area contributed by atoms with Crippen LogP contribution in [0.25, 0.3) is 0 Å². The second kappa shape index (κ2) is 8.80. The van der Waals surface area contributed by atoms with Crippen molar-refractivity contribution in [2.45, 2.75) is 38.3 Å². The van der Waals surface area contributed by atoms with Crippen molar-refractivity contribution in [1.82, 2.24) is 10.6 Å². The molecule has 0 aromatic rings. The van der Waals surface area contributed by atoms with Crippen LogP contribution in [0.3, 0.4) is 0 Å². The number of aliphatic carboxylic acids is 1. The molecule has 19 heavy (non-hydrogen) atoms. The van der Waals surface area contributed by atoms with Crippen molar-refractivity contribution in [3.63, 3.8) is 0 Å². The molecule has 0 fully saturated rings. The number of esters is 1. The monoisotopic (exact) mass is 270 g/mol. The van der Waals surface area contributed by atoms with Crippen LogP contribution in [0.5, 0.6) is 0 Å². The normalized spacial score (nSPS) is 12.7. The molecule has 0 aliphatic rings. The van der Waals surface area contributed by atoms with E-state index in [1.165, 1.54) is 0 Å². The minimum atomic E-state index is -1.34. The fourth-order valence-corrected chi connectivity index (χ4v) is 1.28. The molecule has 0 aliphatic heterocycles. The number of carbonyl (C=O) groups is 3. The van der Waals surface area contributed by atoms with Gasteiger partial charge in [-0.15, -0.1) is 12.3 Å². The molecule has 0 saturated carbocycles. The third-order valence-electron chi connectivity index (χ3n) is 2.39. The SMILES string of the molecule is C#CCC(CC)NC(=O)N[C@@H](CC(=O)OC)C(=O)O. The van der Waals surface area contributed by atoms with Gasteiger partial charge in [0.25, 0.3) is 0 Å². The van der Waals surface area contributed by atoms with Gasteiger partial charge in [0.15, 0.2) is 0 Å². The molecule has 0 aromatic heterocycles. The number of hydrogen-bond acceptors (Lipinski definition) is 4. The number of carboxylic acid groups (broad SMARTS) is 1. The minimum absolute atomic E-state index is 0.238. The highest BCUT2D eigenvalue weighted by Crippen LogP contribution is 1.98. The molecule has 0 bridgehead atoms. The third kappa shape index (κ3) is 6.93. The standard InChI is InChI=1S/C12H18N2O5/c1-4-6-8(5-2)13-12(18)14-9(11(16)17)7-10(15)19-3/h1,8-9H,5-7H2,2-3H3,(H,16,17)(H2,13,14,18)/t8?,9-/m0/s1. The number of nitrogens with one attached hydrogen (secondary N) is 2. The maximum Gasteiger partial charge on any atom is 0.326 e. The van der Waals surface area contributed by atoms with E-state index in [1.54, 1.807) is 0 Å². The van der Waals surface area contributed by atoms with Crippen LogP contribution in [-0.2, 0) is 14.3 Å². The molecular formula is C12H18N2O5. The van der Waals surface area contributed by atoms with E-state index in [4.69, 9.17) is 11.5 Å². The first-order valence-electron chi connectivity index (χ1n) is 5.74. The summed E-state index contributed by atoms with van der Waals surface area (Å²) < 4.78 is 4.35. The molecule has 0 radical (unpaired) electrons. The molecule has 2 atom stereocenters. The van der Waals surface area contributed by atoms with E-state index in [2.05, 4.69) is 21.3 Å². The fraction of sp³-hybridized carbons (Fsp3) is 0.583. The zero-order valence-corrected chi connectivity index (χ0v) is 10.9. The molecule has 1 unspecified atom stereocenters. The molecule has 0 spiro atoms. The summed E-state index contributed by atoms with van der Waals surface area (Å²) in [7, 11) is 1.14. The van der Waals surface area contributed by atoms with Crippen LogP contribution in [0.2, 0.25) is 0 Å². The number of rotatable bonds is 7. The van der Waals surface area contributed by atoms with Crippen molar-refractivity contribution >= 4 is 18.0 Å². The van der Waals surface area contributed by atoms with E-state index in [1.807, 2.05) is 6.92 Å². The van der Waals surface area contributed by atoms with Gasteiger partial charge in [0.05, 0.1) is 13.5 Å². The lowest BCUT2D eigenvalue weighted by molar-refractivity contribution is -0.147. The molecule has 2 amide bonds. The second-order valence-corrected chi connectivity index (χ2v) is 3.80. The topological polar surface area (TPSA) is 105 Å². The highest BCUT2D eigenvalue weighted by Gasteiger charge is 2.24. The first kappa shape index (κ1) is 16.8. The number of methoxy groups -OCH3 is 1. The lowest BCUT2D eigenvalue weighted by atomic mass is 10.1. The van der Waals surface area contributed by atoms with Gasteiger partial charge in [0.1, 0.15) is 6.04 Å². The van der Waals surface area contributed by atoms with Gasteiger partial charge >= 0.3 is 18.0 Å². The Morgan fingerprint density at radius 1 is 1.37 bits per heavy atom. The Labute approximate surface area is 111 Å². The molecule has 0 heterocycles. The number of carbonyl (C=O) groups excluding carboxylic acids is 2. The largest absolute Gasteiger partial charge is 0.480 e. The van der Waals surface area contributed by atoms with Crippen LogP contribution in [0, 0.1) is 12.3 Å². The van der Waals surface area contributed by atoms with Crippen molar-refractivity contribution in [2.75, 3.05) is 7.11 Å². The first-order valence-corrected chi connectivity index (χ1v) is 5.74. The lowest BCUT2D eigenvalue weighted by Gasteiger charge is -2.18. The molecule has 106 valence electrons. The highest BCUT2D eigenvalue weighted by atomic mass is 16.5. The second-order valence-electron chi connectivity index (χ2n) is 3.80. The molecule has 0 rings (SSSR count). The third-order valence-corrected chi connectivity index (χ3v) is 2.39. The molecular weight excluding hydrogens is 252 g/mol. The van der Waals surface area contributed by atoms with Gasteiger partial charge in [0.2, 0.25) is 0 Å². The van der Waals surface area contributed by atoms with Gasteiger partial charge in [-0.1, -0.05) is 6.92 Å². The van der Waals surface area contributed by atoms with E-state index in [0.717, 1.165) is 7.11 Å². The number of urea groups is 1. The predicted octanol–water partition coefficient (Wildman–Crippen LogP) is 0.104. The van der Waals surface area contributed by atoms with Crippen LogP contribution < -0.4 is 10.6 Å². The fourth-order valence-electron chi connectivity index (χ4n) is 1.28. The number of carboxylic acids is 1. The Balaban J connectivity index is 4.43. The number of amides is 2. The molecule has 3 N–H and O–H groups in total. The van der Waals surface area contributed by atoms with Crippen molar-refractivity contribution < 1.29 is 24.2 Å². The van der Waals surface area contributed by atoms with E-state index in [9.17, 15) is 14.4 Å². The van der Waals surface area contributed by atoms with Gasteiger partial charge < -0.3 is 20.5 Å². The average Bonchev–Trinajstić information content (AvgIpc) is 2.36. The smallest absolute Gasteiger partial charge is 0.326 e. The first-order chi connectivity index (χ1) is 8.94. The van der Waals surface area contributed by atoms with Crippen LogP contribution in [0.4, 0.5) is 4.79 Å². The zero-order valence-electron chi connectivity index (χ0n) is 10.9.